The summed E-state index contributed by atoms with van der Waals surface area (Å²) in [4.78, 5) is 27.1. The van der Waals surface area contributed by atoms with E-state index in [1.54, 1.807) is 11.3 Å². The molecule has 1 saturated carbocycles. The largest absolute Gasteiger partial charge is 0.357 e. The summed E-state index contributed by atoms with van der Waals surface area (Å²) in [5.74, 6) is 1.15. The second-order valence-corrected chi connectivity index (χ2v) is 8.36. The predicted octanol–water partition coefficient (Wildman–Crippen LogP) is 1.11. The molecule has 1 aromatic heterocycles. The van der Waals surface area contributed by atoms with Crippen molar-refractivity contribution in [2.75, 3.05) is 45.8 Å². The highest BCUT2D eigenvalue weighted by Gasteiger charge is 2.25. The monoisotopic (exact) mass is 392 g/mol. The molecule has 0 radical (unpaired) electrons. The normalized spacial score (nSPS) is 18.6. The highest BCUT2D eigenvalue weighted by molar-refractivity contribution is 7.11. The van der Waals surface area contributed by atoms with E-state index in [9.17, 15) is 4.79 Å². The summed E-state index contributed by atoms with van der Waals surface area (Å²) in [7, 11) is 0. The van der Waals surface area contributed by atoms with Crippen molar-refractivity contribution in [3.05, 3.63) is 16.1 Å². The predicted molar refractivity (Wildman–Crippen MR) is 110 cm³/mol. The van der Waals surface area contributed by atoms with E-state index in [1.165, 1.54) is 4.88 Å². The maximum absolute atomic E-state index is 12.0. The number of guanidine groups is 1. The quantitative estimate of drug-likeness (QED) is 0.512. The molecule has 0 bridgehead atoms. The first kappa shape index (κ1) is 20.1. The van der Waals surface area contributed by atoms with Gasteiger partial charge < -0.3 is 15.5 Å². The summed E-state index contributed by atoms with van der Waals surface area (Å²) >= 11 is 1.79. The van der Waals surface area contributed by atoms with E-state index in [2.05, 4.69) is 39.3 Å². The van der Waals surface area contributed by atoms with Crippen molar-refractivity contribution in [1.82, 2.24) is 25.4 Å². The summed E-state index contributed by atoms with van der Waals surface area (Å²) in [5.41, 5.74) is 0. The second kappa shape index (κ2) is 10.0. The number of nitrogens with zero attached hydrogens (tertiary/aromatic N) is 4. The standard InChI is InChI=1S/C19H32N6OS/c1-3-16-13-22-18(27-16)7-8-21-19(20-4-2)25-11-9-24(10-12-25)14-17(26)23-15-5-6-15/h13,15H,3-12,14H2,1-2H3,(H,20,21)(H,23,26). The Labute approximate surface area is 166 Å². The fourth-order valence-electron chi connectivity index (χ4n) is 3.13. The minimum Gasteiger partial charge on any atom is -0.357 e. The zero-order valence-electron chi connectivity index (χ0n) is 16.5. The lowest BCUT2D eigenvalue weighted by Gasteiger charge is -2.36. The van der Waals surface area contributed by atoms with E-state index in [0.717, 1.165) is 75.9 Å². The molecule has 2 fully saturated rings. The number of amides is 1. The molecule has 0 aromatic carbocycles. The van der Waals surface area contributed by atoms with Crippen LogP contribution in [0.25, 0.3) is 0 Å². The van der Waals surface area contributed by atoms with Crippen LogP contribution < -0.4 is 10.6 Å². The van der Waals surface area contributed by atoms with Gasteiger partial charge in [-0.15, -0.1) is 11.3 Å². The van der Waals surface area contributed by atoms with E-state index >= 15 is 0 Å². The lowest BCUT2D eigenvalue weighted by molar-refractivity contribution is -0.122. The van der Waals surface area contributed by atoms with Crippen LogP contribution in [0, 0.1) is 0 Å². The maximum atomic E-state index is 12.0. The van der Waals surface area contributed by atoms with Crippen LogP contribution in [0.5, 0.6) is 0 Å². The lowest BCUT2D eigenvalue weighted by atomic mass is 10.3. The molecule has 8 heteroatoms. The average Bonchev–Trinajstić information content (AvgIpc) is 3.36. The Morgan fingerprint density at radius 3 is 2.70 bits per heavy atom. The molecule has 2 aliphatic rings. The van der Waals surface area contributed by atoms with Crippen LogP contribution in [0.15, 0.2) is 11.2 Å². The summed E-state index contributed by atoms with van der Waals surface area (Å²) in [5, 5.41) is 7.64. The molecule has 0 atom stereocenters. The minimum absolute atomic E-state index is 0.168. The van der Waals surface area contributed by atoms with Crippen LogP contribution in [-0.4, -0.2) is 78.5 Å². The van der Waals surface area contributed by atoms with E-state index in [-0.39, 0.29) is 5.91 Å². The number of carbonyl (C=O) groups is 1. The van der Waals surface area contributed by atoms with Crippen molar-refractivity contribution >= 4 is 23.2 Å². The number of thiazole rings is 1. The SMILES string of the molecule is CCNC(=NCCc1ncc(CC)s1)N1CCN(CC(=O)NC2CC2)CC1. The molecule has 3 rings (SSSR count). The van der Waals surface area contributed by atoms with Crippen LogP contribution in [0.1, 0.15) is 36.6 Å². The van der Waals surface area contributed by atoms with Gasteiger partial charge in [-0.25, -0.2) is 4.98 Å². The summed E-state index contributed by atoms with van der Waals surface area (Å²) in [6, 6.07) is 0.442. The molecule has 150 valence electrons. The highest BCUT2D eigenvalue weighted by atomic mass is 32.1. The van der Waals surface area contributed by atoms with Gasteiger partial charge in [-0.2, -0.15) is 0 Å². The number of aliphatic imine (C=N–C) groups is 1. The Bertz CT molecular complexity index is 634. The van der Waals surface area contributed by atoms with Crippen molar-refractivity contribution < 1.29 is 4.79 Å². The summed E-state index contributed by atoms with van der Waals surface area (Å²) in [6.45, 7) is 9.99. The topological polar surface area (TPSA) is 72.9 Å². The summed E-state index contributed by atoms with van der Waals surface area (Å²) in [6.07, 6.45) is 6.20. The molecule has 1 aliphatic heterocycles. The number of carbonyl (C=O) groups excluding carboxylic acids is 1. The third kappa shape index (κ3) is 6.46. The molecule has 0 spiro atoms. The number of rotatable bonds is 8. The molecule has 1 aliphatic carbocycles. The highest BCUT2D eigenvalue weighted by Crippen LogP contribution is 2.18. The number of aromatic nitrogens is 1. The Hall–Kier alpha value is -1.67. The molecular weight excluding hydrogens is 360 g/mol. The molecule has 7 nitrogen and oxygen atoms in total. The molecule has 2 heterocycles. The fourth-order valence-corrected chi connectivity index (χ4v) is 3.98. The number of hydrogen-bond donors (Lipinski definition) is 2. The van der Waals surface area contributed by atoms with Crippen LogP contribution in [0.4, 0.5) is 0 Å². The van der Waals surface area contributed by atoms with Crippen molar-refractivity contribution in [2.24, 2.45) is 4.99 Å². The molecule has 1 aromatic rings. The van der Waals surface area contributed by atoms with Gasteiger partial charge in [0, 0.05) is 62.8 Å². The van der Waals surface area contributed by atoms with Crippen molar-refractivity contribution in [1.29, 1.82) is 0 Å². The van der Waals surface area contributed by atoms with Gasteiger partial charge in [-0.05, 0) is 26.2 Å². The van der Waals surface area contributed by atoms with Gasteiger partial charge in [0.1, 0.15) is 0 Å². The van der Waals surface area contributed by atoms with Gasteiger partial charge in [0.25, 0.3) is 0 Å². The Balaban J connectivity index is 1.44. The van der Waals surface area contributed by atoms with Gasteiger partial charge in [-0.3, -0.25) is 14.7 Å². The van der Waals surface area contributed by atoms with Crippen LogP contribution in [-0.2, 0) is 17.6 Å². The number of piperazine rings is 1. The number of hydrogen-bond acceptors (Lipinski definition) is 5. The first-order valence-corrected chi connectivity index (χ1v) is 11.0. The van der Waals surface area contributed by atoms with Crippen LogP contribution >= 0.6 is 11.3 Å². The molecule has 1 amide bonds. The van der Waals surface area contributed by atoms with Crippen molar-refractivity contribution in [3.63, 3.8) is 0 Å². The van der Waals surface area contributed by atoms with E-state index in [0.29, 0.717) is 12.6 Å². The molecule has 27 heavy (non-hydrogen) atoms. The second-order valence-electron chi connectivity index (χ2n) is 7.16. The Morgan fingerprint density at radius 2 is 2.07 bits per heavy atom. The zero-order valence-corrected chi connectivity index (χ0v) is 17.4. The number of nitrogens with one attached hydrogen (secondary N) is 2. The van der Waals surface area contributed by atoms with Gasteiger partial charge >= 0.3 is 0 Å². The van der Waals surface area contributed by atoms with Crippen molar-refractivity contribution in [3.8, 4) is 0 Å². The lowest BCUT2D eigenvalue weighted by Crippen LogP contribution is -2.54. The van der Waals surface area contributed by atoms with Crippen LogP contribution in [0.2, 0.25) is 0 Å². The fraction of sp³-hybridized carbons (Fsp3) is 0.737. The Kier molecular flexibility index (Phi) is 7.46. The van der Waals surface area contributed by atoms with Gasteiger partial charge in [0.05, 0.1) is 11.6 Å². The molecule has 0 unspecified atom stereocenters. The molecule has 1 saturated heterocycles. The first-order chi connectivity index (χ1) is 13.2. The third-order valence-corrected chi connectivity index (χ3v) is 6.05. The minimum atomic E-state index is 0.168. The smallest absolute Gasteiger partial charge is 0.234 e. The van der Waals surface area contributed by atoms with E-state index in [4.69, 9.17) is 4.99 Å². The maximum Gasteiger partial charge on any atom is 0.234 e. The average molecular weight is 393 g/mol. The number of aryl methyl sites for hydroxylation is 1. The molecule has 2 N–H and O–H groups in total. The van der Waals surface area contributed by atoms with Crippen LogP contribution in [0.3, 0.4) is 0 Å². The summed E-state index contributed by atoms with van der Waals surface area (Å²) < 4.78 is 0. The zero-order chi connectivity index (χ0) is 19.1. The van der Waals surface area contributed by atoms with Crippen molar-refractivity contribution in [2.45, 2.75) is 45.6 Å². The molecular formula is C19H32N6OS. The van der Waals surface area contributed by atoms with E-state index < -0.39 is 0 Å². The van der Waals surface area contributed by atoms with Gasteiger partial charge in [0.15, 0.2) is 5.96 Å². The first-order valence-electron chi connectivity index (χ1n) is 10.2. The van der Waals surface area contributed by atoms with Gasteiger partial charge in [-0.1, -0.05) is 6.92 Å². The Morgan fingerprint density at radius 1 is 1.30 bits per heavy atom. The van der Waals surface area contributed by atoms with E-state index in [1.807, 2.05) is 6.20 Å². The van der Waals surface area contributed by atoms with Gasteiger partial charge in [0.2, 0.25) is 5.91 Å². The third-order valence-electron chi connectivity index (χ3n) is 4.85.